The van der Waals surface area contributed by atoms with Crippen LogP contribution in [-0.2, 0) is 51.2 Å². The number of hydrogen-bond acceptors (Lipinski definition) is 9. The summed E-state index contributed by atoms with van der Waals surface area (Å²) in [5.41, 5.74) is 7.52. The predicted octanol–water partition coefficient (Wildman–Crippen LogP) is 3.37. The standard InChI is InChI=1S/C29H37NO8/c1-18(2)27(32)38-26(20(4)37-29(34)25(30)19(3)36-21(5)31)24(16-22-12-8-6-9-13-22)28(33)35-17-23-14-10-7-11-15-23/h6-15,18-20,24-26H,16-17,30H2,1-5H3/t19-,20+,24-,25+,26+/m1/s1. The minimum Gasteiger partial charge on any atom is -0.461 e. The van der Waals surface area contributed by atoms with E-state index >= 15 is 0 Å². The largest absolute Gasteiger partial charge is 0.461 e. The van der Waals surface area contributed by atoms with Crippen LogP contribution in [0.15, 0.2) is 60.7 Å². The van der Waals surface area contributed by atoms with E-state index in [0.29, 0.717) is 0 Å². The van der Waals surface area contributed by atoms with Crippen molar-refractivity contribution in [3.63, 3.8) is 0 Å². The van der Waals surface area contributed by atoms with E-state index in [2.05, 4.69) is 0 Å². The zero-order chi connectivity index (χ0) is 28.2. The highest BCUT2D eigenvalue weighted by Crippen LogP contribution is 2.24. The summed E-state index contributed by atoms with van der Waals surface area (Å²) in [7, 11) is 0. The highest BCUT2D eigenvalue weighted by atomic mass is 16.6. The average Bonchev–Trinajstić information content (AvgIpc) is 2.89. The summed E-state index contributed by atoms with van der Waals surface area (Å²) in [5.74, 6) is -4.13. The van der Waals surface area contributed by atoms with E-state index in [1.54, 1.807) is 13.8 Å². The second-order valence-electron chi connectivity index (χ2n) is 9.43. The van der Waals surface area contributed by atoms with Crippen molar-refractivity contribution in [3.8, 4) is 0 Å². The minimum absolute atomic E-state index is 0.0226. The number of carbonyl (C=O) groups is 4. The number of ether oxygens (including phenoxy) is 4. The molecular formula is C29H37NO8. The number of benzene rings is 2. The van der Waals surface area contributed by atoms with Crippen molar-refractivity contribution in [1.29, 1.82) is 0 Å². The molecular weight excluding hydrogens is 490 g/mol. The lowest BCUT2D eigenvalue weighted by Crippen LogP contribution is -2.49. The number of hydrogen-bond donors (Lipinski definition) is 1. The summed E-state index contributed by atoms with van der Waals surface area (Å²) >= 11 is 0. The van der Waals surface area contributed by atoms with Crippen molar-refractivity contribution in [1.82, 2.24) is 0 Å². The Hall–Kier alpha value is -3.72. The molecule has 9 nitrogen and oxygen atoms in total. The molecule has 0 aliphatic heterocycles. The van der Waals surface area contributed by atoms with Crippen molar-refractivity contribution >= 4 is 23.9 Å². The van der Waals surface area contributed by atoms with Gasteiger partial charge < -0.3 is 24.7 Å². The van der Waals surface area contributed by atoms with Gasteiger partial charge in [-0.3, -0.25) is 19.2 Å². The molecule has 0 bridgehead atoms. The number of nitrogens with two attached hydrogens (primary N) is 1. The van der Waals surface area contributed by atoms with Crippen LogP contribution in [0.5, 0.6) is 0 Å². The lowest BCUT2D eigenvalue weighted by molar-refractivity contribution is -0.182. The van der Waals surface area contributed by atoms with Crippen molar-refractivity contribution in [2.45, 2.75) is 72.0 Å². The van der Waals surface area contributed by atoms with E-state index in [-0.39, 0.29) is 13.0 Å². The Kier molecular flexibility index (Phi) is 11.9. The molecule has 2 rings (SSSR count). The second-order valence-corrected chi connectivity index (χ2v) is 9.43. The molecule has 0 saturated heterocycles. The second kappa shape index (κ2) is 14.9. The molecule has 0 saturated carbocycles. The van der Waals surface area contributed by atoms with Crippen molar-refractivity contribution in [2.24, 2.45) is 17.6 Å². The molecule has 0 fully saturated rings. The third kappa shape index (κ3) is 9.63. The van der Waals surface area contributed by atoms with Gasteiger partial charge >= 0.3 is 23.9 Å². The summed E-state index contributed by atoms with van der Waals surface area (Å²) in [6.45, 7) is 7.53. The lowest BCUT2D eigenvalue weighted by Gasteiger charge is -2.31. The molecule has 5 atom stereocenters. The molecule has 0 heterocycles. The summed E-state index contributed by atoms with van der Waals surface area (Å²) in [4.78, 5) is 50.1. The zero-order valence-corrected chi connectivity index (χ0v) is 22.5. The maximum absolute atomic E-state index is 13.4. The van der Waals surface area contributed by atoms with Crippen LogP contribution in [0.2, 0.25) is 0 Å². The molecule has 9 heteroatoms. The fourth-order valence-corrected chi connectivity index (χ4v) is 3.67. The number of esters is 4. The monoisotopic (exact) mass is 527 g/mol. The Bertz CT molecular complexity index is 1060. The maximum atomic E-state index is 13.4. The molecule has 0 unspecified atom stereocenters. The molecule has 0 radical (unpaired) electrons. The van der Waals surface area contributed by atoms with Gasteiger partial charge in [-0.05, 0) is 31.4 Å². The van der Waals surface area contributed by atoms with Gasteiger partial charge in [-0.25, -0.2) is 0 Å². The van der Waals surface area contributed by atoms with E-state index in [4.69, 9.17) is 24.7 Å². The summed E-state index contributed by atoms with van der Waals surface area (Å²) in [5, 5.41) is 0. The highest BCUT2D eigenvalue weighted by molar-refractivity contribution is 5.78. The molecule has 0 spiro atoms. The van der Waals surface area contributed by atoms with Crippen molar-refractivity contribution < 1.29 is 38.1 Å². The Morgan fingerprint density at radius 3 is 1.79 bits per heavy atom. The molecule has 0 amide bonds. The molecule has 2 N–H and O–H groups in total. The van der Waals surface area contributed by atoms with Gasteiger partial charge in [0.05, 0.1) is 5.92 Å². The average molecular weight is 528 g/mol. The van der Waals surface area contributed by atoms with Crippen LogP contribution >= 0.6 is 0 Å². The summed E-state index contributed by atoms with van der Waals surface area (Å²) in [6, 6.07) is 17.1. The van der Waals surface area contributed by atoms with Crippen LogP contribution in [0.3, 0.4) is 0 Å². The van der Waals surface area contributed by atoms with Crippen molar-refractivity contribution in [3.05, 3.63) is 71.8 Å². The van der Waals surface area contributed by atoms with Gasteiger partial charge in [0.25, 0.3) is 0 Å². The normalized spacial score (nSPS) is 14.9. The first-order valence-corrected chi connectivity index (χ1v) is 12.6. The molecule has 0 aliphatic rings. The molecule has 2 aromatic rings. The molecule has 38 heavy (non-hydrogen) atoms. The van der Waals surface area contributed by atoms with Gasteiger partial charge in [0, 0.05) is 6.92 Å². The summed E-state index contributed by atoms with van der Waals surface area (Å²) < 4.78 is 21.9. The van der Waals surface area contributed by atoms with Gasteiger partial charge in [0.15, 0.2) is 6.10 Å². The first-order chi connectivity index (χ1) is 18.0. The van der Waals surface area contributed by atoms with E-state index in [1.165, 1.54) is 20.8 Å². The van der Waals surface area contributed by atoms with E-state index in [0.717, 1.165) is 11.1 Å². The Labute approximate surface area is 223 Å². The quantitative estimate of drug-likeness (QED) is 0.308. The van der Waals surface area contributed by atoms with Crippen LogP contribution in [0.4, 0.5) is 0 Å². The number of rotatable bonds is 13. The van der Waals surface area contributed by atoms with E-state index in [1.807, 2.05) is 60.7 Å². The fraction of sp³-hybridized carbons (Fsp3) is 0.448. The Morgan fingerprint density at radius 2 is 1.26 bits per heavy atom. The maximum Gasteiger partial charge on any atom is 0.327 e. The lowest BCUT2D eigenvalue weighted by atomic mass is 9.90. The van der Waals surface area contributed by atoms with Gasteiger partial charge in [-0.1, -0.05) is 74.5 Å². The highest BCUT2D eigenvalue weighted by Gasteiger charge is 2.40. The molecule has 2 aromatic carbocycles. The first kappa shape index (κ1) is 30.5. The minimum atomic E-state index is -1.28. The van der Waals surface area contributed by atoms with Gasteiger partial charge in [-0.2, -0.15) is 0 Å². The first-order valence-electron chi connectivity index (χ1n) is 12.6. The molecule has 0 aliphatic carbocycles. The van der Waals surface area contributed by atoms with Gasteiger partial charge in [0.2, 0.25) is 0 Å². The Morgan fingerprint density at radius 1 is 0.711 bits per heavy atom. The fourth-order valence-electron chi connectivity index (χ4n) is 3.67. The topological polar surface area (TPSA) is 131 Å². The third-order valence-corrected chi connectivity index (χ3v) is 5.84. The molecule has 206 valence electrons. The smallest absolute Gasteiger partial charge is 0.327 e. The van der Waals surface area contributed by atoms with E-state index < -0.39 is 60.1 Å². The van der Waals surface area contributed by atoms with Crippen LogP contribution in [-0.4, -0.2) is 48.2 Å². The van der Waals surface area contributed by atoms with Gasteiger partial charge in [0.1, 0.15) is 30.8 Å². The third-order valence-electron chi connectivity index (χ3n) is 5.84. The SMILES string of the molecule is CC(=O)O[C@H](C)[C@H](N)C(=O)O[C@@H](C)[C@H](OC(=O)C(C)C)[C@@H](Cc1ccccc1)C(=O)OCc1ccccc1. The predicted molar refractivity (Wildman–Crippen MR) is 139 cm³/mol. The van der Waals surface area contributed by atoms with E-state index in [9.17, 15) is 19.2 Å². The van der Waals surface area contributed by atoms with Gasteiger partial charge in [-0.15, -0.1) is 0 Å². The van der Waals surface area contributed by atoms with Crippen LogP contribution in [0.1, 0.15) is 45.7 Å². The van der Waals surface area contributed by atoms with Crippen LogP contribution in [0, 0.1) is 11.8 Å². The Balaban J connectivity index is 2.33. The molecule has 0 aromatic heterocycles. The number of carbonyl (C=O) groups excluding carboxylic acids is 4. The zero-order valence-electron chi connectivity index (χ0n) is 22.5. The summed E-state index contributed by atoms with van der Waals surface area (Å²) in [6.07, 6.45) is -3.02. The van der Waals surface area contributed by atoms with Crippen LogP contribution in [0.25, 0.3) is 0 Å². The van der Waals surface area contributed by atoms with Crippen LogP contribution < -0.4 is 5.73 Å². The van der Waals surface area contributed by atoms with Crippen molar-refractivity contribution in [2.75, 3.05) is 0 Å².